The molecule has 3 nitrogen and oxygen atoms in total. The van der Waals surface area contributed by atoms with Crippen molar-refractivity contribution in [2.24, 2.45) is 5.73 Å². The molecule has 0 spiro atoms. The largest absolute Gasteiger partial charge is 0.493 e. The van der Waals surface area contributed by atoms with Crippen molar-refractivity contribution in [3.63, 3.8) is 0 Å². The highest BCUT2D eigenvalue weighted by molar-refractivity contribution is 9.10. The molecule has 0 saturated heterocycles. The Balaban J connectivity index is 1.72. The number of hydrogen-bond donors (Lipinski definition) is 1. The van der Waals surface area contributed by atoms with E-state index in [1.54, 1.807) is 0 Å². The average Bonchev–Trinajstić information content (AvgIpc) is 2.49. The van der Waals surface area contributed by atoms with E-state index in [0.717, 1.165) is 28.0 Å². The lowest BCUT2D eigenvalue weighted by Gasteiger charge is -2.10. The van der Waals surface area contributed by atoms with E-state index in [2.05, 4.69) is 22.9 Å². The highest BCUT2D eigenvalue weighted by Gasteiger charge is 2.01. The Bertz CT molecular complexity index is 587. The van der Waals surface area contributed by atoms with Gasteiger partial charge in [0.1, 0.15) is 11.5 Å². The third-order valence-electron chi connectivity index (χ3n) is 3.04. The molecule has 0 fully saturated rings. The van der Waals surface area contributed by atoms with Gasteiger partial charge in [-0.15, -0.1) is 0 Å². The van der Waals surface area contributed by atoms with Gasteiger partial charge in [-0.1, -0.05) is 18.2 Å². The summed E-state index contributed by atoms with van der Waals surface area (Å²) in [6.07, 6.45) is 0.827. The second-order valence-electron chi connectivity index (χ2n) is 4.84. The van der Waals surface area contributed by atoms with E-state index in [9.17, 15) is 0 Å². The lowest BCUT2D eigenvalue weighted by molar-refractivity contribution is 0.246. The van der Waals surface area contributed by atoms with Crippen LogP contribution in [0.2, 0.25) is 0 Å². The maximum atomic E-state index is 5.73. The molecule has 0 saturated carbocycles. The molecule has 112 valence electrons. The van der Waals surface area contributed by atoms with Crippen LogP contribution in [0.15, 0.2) is 46.9 Å². The number of halogens is 1. The van der Waals surface area contributed by atoms with Crippen LogP contribution in [0.3, 0.4) is 0 Å². The van der Waals surface area contributed by atoms with Gasteiger partial charge in [-0.05, 0) is 58.2 Å². The molecule has 0 radical (unpaired) electrons. The van der Waals surface area contributed by atoms with Crippen LogP contribution in [-0.4, -0.2) is 13.2 Å². The first-order valence-corrected chi connectivity index (χ1v) is 7.79. The van der Waals surface area contributed by atoms with Crippen LogP contribution in [0.5, 0.6) is 11.5 Å². The first-order valence-electron chi connectivity index (χ1n) is 7.00. The van der Waals surface area contributed by atoms with Gasteiger partial charge in [0.15, 0.2) is 0 Å². The second kappa shape index (κ2) is 8.05. The van der Waals surface area contributed by atoms with E-state index < -0.39 is 0 Å². The van der Waals surface area contributed by atoms with E-state index in [4.69, 9.17) is 15.2 Å². The van der Waals surface area contributed by atoms with E-state index in [0.29, 0.717) is 19.8 Å². The molecule has 0 aliphatic rings. The van der Waals surface area contributed by atoms with Crippen molar-refractivity contribution < 1.29 is 9.47 Å². The minimum Gasteiger partial charge on any atom is -0.493 e. The van der Waals surface area contributed by atoms with E-state index in [1.165, 1.54) is 5.56 Å². The summed E-state index contributed by atoms with van der Waals surface area (Å²) < 4.78 is 12.4. The summed E-state index contributed by atoms with van der Waals surface area (Å²) in [7, 11) is 0. The zero-order chi connectivity index (χ0) is 15.1. The van der Waals surface area contributed by atoms with Crippen molar-refractivity contribution >= 4 is 15.9 Å². The van der Waals surface area contributed by atoms with Crippen LogP contribution >= 0.6 is 15.9 Å². The molecular formula is C17H20BrNO2. The summed E-state index contributed by atoms with van der Waals surface area (Å²) in [5.41, 5.74) is 7.89. The molecule has 0 unspecified atom stereocenters. The number of aryl methyl sites for hydroxylation is 1. The quantitative estimate of drug-likeness (QED) is 0.766. The third kappa shape index (κ3) is 5.06. The van der Waals surface area contributed by atoms with Crippen molar-refractivity contribution in [1.29, 1.82) is 0 Å². The Morgan fingerprint density at radius 3 is 2.62 bits per heavy atom. The molecule has 4 heteroatoms. The number of hydrogen-bond acceptors (Lipinski definition) is 3. The van der Waals surface area contributed by atoms with Crippen LogP contribution in [0, 0.1) is 6.92 Å². The van der Waals surface area contributed by atoms with Crippen molar-refractivity contribution in [1.82, 2.24) is 0 Å². The molecule has 21 heavy (non-hydrogen) atoms. The van der Waals surface area contributed by atoms with E-state index in [1.807, 2.05) is 42.5 Å². The fraction of sp³-hybridized carbons (Fsp3) is 0.294. The van der Waals surface area contributed by atoms with Crippen LogP contribution < -0.4 is 15.2 Å². The molecule has 0 bridgehead atoms. The number of benzene rings is 2. The maximum absolute atomic E-state index is 5.73. The third-order valence-corrected chi connectivity index (χ3v) is 3.66. The average molecular weight is 350 g/mol. The number of ether oxygens (including phenoxy) is 2. The van der Waals surface area contributed by atoms with Gasteiger partial charge >= 0.3 is 0 Å². The number of rotatable bonds is 7. The monoisotopic (exact) mass is 349 g/mol. The fourth-order valence-corrected chi connectivity index (χ4v) is 2.52. The first kappa shape index (κ1) is 15.9. The molecule has 0 atom stereocenters. The maximum Gasteiger partial charge on any atom is 0.133 e. The Morgan fingerprint density at radius 2 is 1.86 bits per heavy atom. The molecular weight excluding hydrogens is 330 g/mol. The second-order valence-corrected chi connectivity index (χ2v) is 5.69. The van der Waals surface area contributed by atoms with Gasteiger partial charge in [-0.3, -0.25) is 0 Å². The first-order chi connectivity index (χ1) is 10.2. The Kier molecular flexibility index (Phi) is 6.08. The van der Waals surface area contributed by atoms with Gasteiger partial charge in [0.2, 0.25) is 0 Å². The molecule has 0 aliphatic heterocycles. The van der Waals surface area contributed by atoms with Crippen molar-refractivity contribution in [3.05, 3.63) is 58.1 Å². The van der Waals surface area contributed by atoms with Gasteiger partial charge < -0.3 is 15.2 Å². The Hall–Kier alpha value is -1.52. The van der Waals surface area contributed by atoms with Crippen LogP contribution in [0.4, 0.5) is 0 Å². The van der Waals surface area contributed by atoms with Crippen molar-refractivity contribution in [3.8, 4) is 11.5 Å². The standard InChI is InChI=1S/C17H20BrNO2/c1-13-6-7-17(16(18)10-13)21-9-3-8-20-15-5-2-4-14(11-15)12-19/h2,4-7,10-11H,3,8-9,12,19H2,1H3. The van der Waals surface area contributed by atoms with Crippen molar-refractivity contribution in [2.45, 2.75) is 19.9 Å². The lowest BCUT2D eigenvalue weighted by atomic mass is 10.2. The topological polar surface area (TPSA) is 44.5 Å². The van der Waals surface area contributed by atoms with Crippen molar-refractivity contribution in [2.75, 3.05) is 13.2 Å². The minimum absolute atomic E-state index is 0.530. The molecule has 0 heterocycles. The highest BCUT2D eigenvalue weighted by Crippen LogP contribution is 2.25. The summed E-state index contributed by atoms with van der Waals surface area (Å²) >= 11 is 3.50. The van der Waals surface area contributed by atoms with E-state index in [-0.39, 0.29) is 0 Å². The predicted octanol–water partition coefficient (Wildman–Crippen LogP) is 4.06. The molecule has 0 aromatic heterocycles. The molecule has 2 aromatic rings. The zero-order valence-electron chi connectivity index (χ0n) is 12.1. The van der Waals surface area contributed by atoms with Gasteiger partial charge in [0.05, 0.1) is 17.7 Å². The van der Waals surface area contributed by atoms with Crippen LogP contribution in [0.25, 0.3) is 0 Å². The molecule has 0 amide bonds. The Morgan fingerprint density at radius 1 is 1.05 bits per heavy atom. The highest BCUT2D eigenvalue weighted by atomic mass is 79.9. The van der Waals surface area contributed by atoms with Crippen LogP contribution in [-0.2, 0) is 6.54 Å². The molecule has 2 N–H and O–H groups in total. The van der Waals surface area contributed by atoms with Gasteiger partial charge in [0.25, 0.3) is 0 Å². The minimum atomic E-state index is 0.530. The molecule has 2 rings (SSSR count). The summed E-state index contributed by atoms with van der Waals surface area (Å²) in [5, 5.41) is 0. The normalized spacial score (nSPS) is 10.4. The summed E-state index contributed by atoms with van der Waals surface area (Å²) in [5.74, 6) is 1.72. The number of nitrogens with two attached hydrogens (primary N) is 1. The summed E-state index contributed by atoms with van der Waals surface area (Å²) in [4.78, 5) is 0. The summed E-state index contributed by atoms with van der Waals surface area (Å²) in [6.45, 7) is 3.83. The summed E-state index contributed by atoms with van der Waals surface area (Å²) in [6, 6.07) is 13.9. The van der Waals surface area contributed by atoms with Crippen LogP contribution in [0.1, 0.15) is 17.5 Å². The zero-order valence-corrected chi connectivity index (χ0v) is 13.7. The SMILES string of the molecule is Cc1ccc(OCCCOc2cccc(CN)c2)c(Br)c1. The van der Waals surface area contributed by atoms with Gasteiger partial charge in [-0.25, -0.2) is 0 Å². The molecule has 0 aliphatic carbocycles. The lowest BCUT2D eigenvalue weighted by Crippen LogP contribution is -2.05. The van der Waals surface area contributed by atoms with E-state index >= 15 is 0 Å². The Labute approximate surface area is 134 Å². The fourth-order valence-electron chi connectivity index (χ4n) is 1.92. The van der Waals surface area contributed by atoms with Gasteiger partial charge in [0, 0.05) is 13.0 Å². The van der Waals surface area contributed by atoms with Gasteiger partial charge in [-0.2, -0.15) is 0 Å². The molecule has 2 aromatic carbocycles. The predicted molar refractivity (Wildman–Crippen MR) is 88.8 cm³/mol. The smallest absolute Gasteiger partial charge is 0.133 e.